The molecule has 22 heavy (non-hydrogen) atoms. The summed E-state index contributed by atoms with van der Waals surface area (Å²) in [6, 6.07) is 10.3. The van der Waals surface area contributed by atoms with Gasteiger partial charge in [-0.3, -0.25) is 9.52 Å². The lowest BCUT2D eigenvalue weighted by molar-refractivity contribution is 0.102. The van der Waals surface area contributed by atoms with E-state index in [9.17, 15) is 17.6 Å². The van der Waals surface area contributed by atoms with Gasteiger partial charge in [-0.15, -0.1) is 0 Å². The second-order valence-corrected chi connectivity index (χ2v) is 7.16. The molecule has 0 atom stereocenters. The third-order valence-corrected chi connectivity index (χ3v) is 3.73. The molecule has 0 aliphatic heterocycles. The number of benzene rings is 2. The molecular formula is C14H12BrFN2O3S. The number of hydrogen-bond donors (Lipinski definition) is 2. The summed E-state index contributed by atoms with van der Waals surface area (Å²) in [4.78, 5) is 12.2. The van der Waals surface area contributed by atoms with Crippen LogP contribution in [-0.2, 0) is 10.0 Å². The first kappa shape index (κ1) is 16.4. The van der Waals surface area contributed by atoms with E-state index < -0.39 is 21.7 Å². The van der Waals surface area contributed by atoms with Gasteiger partial charge in [0.25, 0.3) is 5.91 Å². The van der Waals surface area contributed by atoms with Gasteiger partial charge in [0.15, 0.2) is 0 Å². The van der Waals surface area contributed by atoms with E-state index in [-0.39, 0.29) is 16.9 Å². The van der Waals surface area contributed by atoms with E-state index in [2.05, 4.69) is 26.0 Å². The Bertz CT molecular complexity index is 825. The van der Waals surface area contributed by atoms with Crippen molar-refractivity contribution in [2.24, 2.45) is 0 Å². The van der Waals surface area contributed by atoms with Crippen LogP contribution in [0.3, 0.4) is 0 Å². The van der Waals surface area contributed by atoms with Crippen LogP contribution in [0.4, 0.5) is 15.8 Å². The Morgan fingerprint density at radius 3 is 2.45 bits per heavy atom. The van der Waals surface area contributed by atoms with Crippen LogP contribution in [0, 0.1) is 5.82 Å². The Labute approximate surface area is 135 Å². The van der Waals surface area contributed by atoms with Crippen molar-refractivity contribution in [1.82, 2.24) is 0 Å². The summed E-state index contributed by atoms with van der Waals surface area (Å²) >= 11 is 3.12. The average molecular weight is 387 g/mol. The number of para-hydroxylation sites is 1. The molecule has 0 aromatic heterocycles. The third-order valence-electron chi connectivity index (χ3n) is 2.65. The molecule has 0 unspecified atom stereocenters. The largest absolute Gasteiger partial charge is 0.319 e. The lowest BCUT2D eigenvalue weighted by atomic mass is 10.1. The Morgan fingerprint density at radius 1 is 1.14 bits per heavy atom. The number of amides is 1. The fraction of sp³-hybridized carbons (Fsp3) is 0.0714. The average Bonchev–Trinajstić information content (AvgIpc) is 2.40. The number of halogens is 2. The molecule has 0 heterocycles. The number of anilines is 2. The van der Waals surface area contributed by atoms with Crippen LogP contribution >= 0.6 is 15.9 Å². The summed E-state index contributed by atoms with van der Waals surface area (Å²) in [5, 5.41) is 2.41. The van der Waals surface area contributed by atoms with Gasteiger partial charge in [0.2, 0.25) is 10.0 Å². The normalized spacial score (nSPS) is 11.0. The van der Waals surface area contributed by atoms with Crippen molar-refractivity contribution >= 4 is 43.2 Å². The van der Waals surface area contributed by atoms with Crippen molar-refractivity contribution in [3.8, 4) is 0 Å². The van der Waals surface area contributed by atoms with E-state index in [0.717, 1.165) is 6.26 Å². The van der Waals surface area contributed by atoms with Crippen molar-refractivity contribution in [1.29, 1.82) is 0 Å². The second kappa shape index (κ2) is 6.45. The van der Waals surface area contributed by atoms with E-state index in [1.54, 1.807) is 18.2 Å². The minimum atomic E-state index is -3.53. The molecule has 116 valence electrons. The molecular weight excluding hydrogens is 375 g/mol. The number of sulfonamides is 1. The summed E-state index contributed by atoms with van der Waals surface area (Å²) in [7, 11) is -3.53. The molecule has 2 N–H and O–H groups in total. The molecule has 0 radical (unpaired) electrons. The number of rotatable bonds is 4. The van der Waals surface area contributed by atoms with Gasteiger partial charge in [-0.2, -0.15) is 0 Å². The molecule has 0 fully saturated rings. The van der Waals surface area contributed by atoms with Gasteiger partial charge in [-0.05, 0) is 30.3 Å². The Balaban J connectivity index is 2.30. The topological polar surface area (TPSA) is 75.3 Å². The lowest BCUT2D eigenvalue weighted by Gasteiger charge is -2.11. The Hall–Kier alpha value is -1.93. The van der Waals surface area contributed by atoms with Crippen molar-refractivity contribution < 1.29 is 17.6 Å². The highest BCUT2D eigenvalue weighted by Gasteiger charge is 2.15. The number of carbonyl (C=O) groups is 1. The molecule has 0 saturated heterocycles. The first-order valence-electron chi connectivity index (χ1n) is 6.09. The van der Waals surface area contributed by atoms with Gasteiger partial charge in [-0.25, -0.2) is 12.8 Å². The maximum Gasteiger partial charge on any atom is 0.257 e. The molecule has 5 nitrogen and oxygen atoms in total. The van der Waals surface area contributed by atoms with E-state index in [1.807, 2.05) is 0 Å². The van der Waals surface area contributed by atoms with Crippen LogP contribution in [0.15, 0.2) is 46.9 Å². The number of carbonyl (C=O) groups excluding carboxylic acids is 1. The zero-order valence-electron chi connectivity index (χ0n) is 11.4. The molecule has 1 amide bonds. The highest BCUT2D eigenvalue weighted by molar-refractivity contribution is 9.10. The molecule has 2 aromatic carbocycles. The van der Waals surface area contributed by atoms with Crippen LogP contribution in [-0.4, -0.2) is 20.6 Å². The van der Waals surface area contributed by atoms with Gasteiger partial charge in [0.05, 0.1) is 23.2 Å². The number of hydrogen-bond acceptors (Lipinski definition) is 3. The summed E-state index contributed by atoms with van der Waals surface area (Å²) in [5.74, 6) is -1.22. The second-order valence-electron chi connectivity index (χ2n) is 4.50. The highest BCUT2D eigenvalue weighted by Crippen LogP contribution is 2.22. The Morgan fingerprint density at radius 2 is 1.82 bits per heavy atom. The molecule has 2 rings (SSSR count). The first-order valence-corrected chi connectivity index (χ1v) is 8.78. The monoisotopic (exact) mass is 386 g/mol. The summed E-state index contributed by atoms with van der Waals surface area (Å²) in [6.07, 6.45) is 0.982. The van der Waals surface area contributed by atoms with Gasteiger partial charge >= 0.3 is 0 Å². The van der Waals surface area contributed by atoms with Gasteiger partial charge in [-0.1, -0.05) is 28.1 Å². The maximum absolute atomic E-state index is 13.7. The molecule has 2 aromatic rings. The fourth-order valence-corrected chi connectivity index (χ4v) is 2.66. The number of nitrogens with one attached hydrogen (secondary N) is 2. The summed E-state index contributed by atoms with van der Waals surface area (Å²) < 4.78 is 39.2. The smallest absolute Gasteiger partial charge is 0.257 e. The minimum absolute atomic E-state index is 0.00218. The predicted molar refractivity (Wildman–Crippen MR) is 87.0 cm³/mol. The molecule has 0 aliphatic carbocycles. The van der Waals surface area contributed by atoms with E-state index >= 15 is 0 Å². The maximum atomic E-state index is 13.7. The van der Waals surface area contributed by atoms with Crippen molar-refractivity contribution in [3.63, 3.8) is 0 Å². The van der Waals surface area contributed by atoms with Crippen LogP contribution in [0.1, 0.15) is 10.4 Å². The third kappa shape index (κ3) is 4.28. The molecule has 8 heteroatoms. The zero-order valence-corrected chi connectivity index (χ0v) is 13.8. The molecule has 0 saturated carbocycles. The zero-order chi connectivity index (χ0) is 16.3. The van der Waals surface area contributed by atoms with E-state index in [0.29, 0.717) is 4.47 Å². The standard InChI is InChI=1S/C14H12BrFN2O3S/c1-22(20,21)18-12-5-3-2-4-10(12)14(19)17-13-7-6-9(15)8-11(13)16/h2-8,18H,1H3,(H,17,19). The summed E-state index contributed by atoms with van der Waals surface area (Å²) in [5.41, 5.74) is 0.220. The Kier molecular flexibility index (Phi) is 4.82. The highest BCUT2D eigenvalue weighted by atomic mass is 79.9. The van der Waals surface area contributed by atoms with E-state index in [1.165, 1.54) is 24.3 Å². The molecule has 0 bridgehead atoms. The van der Waals surface area contributed by atoms with Crippen LogP contribution in [0.25, 0.3) is 0 Å². The minimum Gasteiger partial charge on any atom is -0.319 e. The lowest BCUT2D eigenvalue weighted by Crippen LogP contribution is -2.18. The quantitative estimate of drug-likeness (QED) is 0.846. The van der Waals surface area contributed by atoms with Crippen molar-refractivity contribution in [2.75, 3.05) is 16.3 Å². The van der Waals surface area contributed by atoms with Gasteiger partial charge < -0.3 is 5.32 Å². The SMILES string of the molecule is CS(=O)(=O)Nc1ccccc1C(=O)Nc1ccc(Br)cc1F. The van der Waals surface area contributed by atoms with Crippen LogP contribution in [0.5, 0.6) is 0 Å². The van der Waals surface area contributed by atoms with Crippen LogP contribution in [0.2, 0.25) is 0 Å². The first-order chi connectivity index (χ1) is 10.3. The predicted octanol–water partition coefficient (Wildman–Crippen LogP) is 3.21. The van der Waals surface area contributed by atoms with E-state index in [4.69, 9.17) is 0 Å². The van der Waals surface area contributed by atoms with Crippen molar-refractivity contribution in [3.05, 3.63) is 58.3 Å². The van der Waals surface area contributed by atoms with Crippen LogP contribution < -0.4 is 10.0 Å². The van der Waals surface area contributed by atoms with Gasteiger partial charge in [0.1, 0.15) is 5.82 Å². The summed E-state index contributed by atoms with van der Waals surface area (Å²) in [6.45, 7) is 0. The molecule has 0 spiro atoms. The van der Waals surface area contributed by atoms with Gasteiger partial charge in [0, 0.05) is 4.47 Å². The molecule has 0 aliphatic rings. The van der Waals surface area contributed by atoms with Crippen molar-refractivity contribution in [2.45, 2.75) is 0 Å². The fourth-order valence-electron chi connectivity index (χ4n) is 1.75.